The van der Waals surface area contributed by atoms with Crippen molar-refractivity contribution >= 4 is 132 Å². The quantitative estimate of drug-likeness (QED) is 0.0392. The zero-order valence-corrected chi connectivity index (χ0v) is 46.6. The second-order valence-electron chi connectivity index (χ2n) is 14.4. The molecule has 0 aromatic heterocycles. The third kappa shape index (κ3) is 25.4. The normalized spacial score (nSPS) is 10.6. The van der Waals surface area contributed by atoms with E-state index in [4.69, 9.17) is 66.5 Å². The van der Waals surface area contributed by atoms with Gasteiger partial charge in [0.2, 0.25) is 0 Å². The summed E-state index contributed by atoms with van der Waals surface area (Å²) in [4.78, 5) is 0. The summed E-state index contributed by atoms with van der Waals surface area (Å²) in [6.07, 6.45) is 14.1. The molecule has 0 N–H and O–H groups in total. The van der Waals surface area contributed by atoms with Crippen LogP contribution in [0.4, 0.5) is 0 Å². The van der Waals surface area contributed by atoms with Gasteiger partial charge in [-0.25, -0.2) is 0 Å². The molecule has 12 heteroatoms. The zero-order valence-electron chi connectivity index (χ0n) is 34.9. The van der Waals surface area contributed by atoms with Crippen LogP contribution in [0.25, 0.3) is 43.8 Å². The van der Waals surface area contributed by atoms with Gasteiger partial charge in [-0.05, 0) is 23.2 Å². The third-order valence-electron chi connectivity index (χ3n) is 9.38. The Hall–Kier alpha value is -0.0462. The summed E-state index contributed by atoms with van der Waals surface area (Å²) < 4.78 is 0. The van der Waals surface area contributed by atoms with E-state index < -0.39 is 12.0 Å². The standard InChI is InChI=1S/2C16H13.2C8H16Cl3Si.2ClH.Si.Zr/c2*1-12-10-14-8-5-9-15(16(14)11-12)13-6-3-2-4-7-13;2*1-2-3-4-5-6-7-8-12(9,10)11;;;;/h2*2-11H,1H3;2*1-8H2;2*1H;;/q4*-1;;;;. The Labute approximate surface area is 422 Å². The molecule has 2 radical (unpaired) electrons. The molecule has 0 nitrogen and oxygen atoms in total. The van der Waals surface area contributed by atoms with Crippen LogP contribution in [-0.2, 0) is 23.3 Å². The summed E-state index contributed by atoms with van der Waals surface area (Å²) in [6, 6.07) is 40.1. The predicted octanol–water partition coefficient (Wildman–Crippen LogP) is 19.2. The monoisotopic (exact) mass is 1090 g/mol. The molecule has 60 heavy (non-hydrogen) atoms. The molecule has 0 atom stereocenters. The Morgan fingerprint density at radius 3 is 1.10 bits per heavy atom. The molecule has 0 saturated heterocycles. The molecule has 0 aliphatic rings. The Balaban J connectivity index is 0.000000763. The Bertz CT molecular complexity index is 1810. The first-order chi connectivity index (χ1) is 27.8. The fourth-order valence-corrected chi connectivity index (χ4v) is 10.3. The maximum atomic E-state index is 5.73. The van der Waals surface area contributed by atoms with E-state index in [1.165, 1.54) is 130 Å². The predicted molar refractivity (Wildman–Crippen MR) is 282 cm³/mol. The van der Waals surface area contributed by atoms with Crippen LogP contribution in [0, 0.1) is 27.7 Å². The number of rotatable bonds is 16. The van der Waals surface area contributed by atoms with Crippen LogP contribution in [0.1, 0.15) is 88.2 Å². The summed E-state index contributed by atoms with van der Waals surface area (Å²) >= 11 is 35.8. The van der Waals surface area contributed by atoms with Gasteiger partial charge in [0, 0.05) is 0 Å². The molecule has 6 aromatic rings. The van der Waals surface area contributed by atoms with Crippen molar-refractivity contribution in [2.24, 2.45) is 0 Å². The maximum absolute atomic E-state index is 5.73. The van der Waals surface area contributed by atoms with Gasteiger partial charge >= 0.3 is 42.2 Å². The number of unbranched alkanes of at least 4 members (excludes halogenated alkanes) is 10. The van der Waals surface area contributed by atoms with Gasteiger partial charge in [-0.1, -0.05) is 162 Å². The van der Waals surface area contributed by atoms with Crippen molar-refractivity contribution in [1.29, 1.82) is 0 Å². The average Bonchev–Trinajstić information content (AvgIpc) is 3.79. The van der Waals surface area contributed by atoms with Crippen molar-refractivity contribution in [2.75, 3.05) is 0 Å². The number of benzene rings is 4. The van der Waals surface area contributed by atoms with Gasteiger partial charge in [-0.3, -0.25) is 0 Å². The van der Waals surface area contributed by atoms with Crippen molar-refractivity contribution in [2.45, 2.75) is 103 Å². The topological polar surface area (TPSA) is 0 Å². The molecule has 6 rings (SSSR count). The molecule has 0 aliphatic heterocycles. The summed E-state index contributed by atoms with van der Waals surface area (Å²) in [5.41, 5.74) is 7.89. The molecule has 0 unspecified atom stereocenters. The van der Waals surface area contributed by atoms with Crippen LogP contribution in [-0.4, -0.2) is 18.9 Å². The minimum absolute atomic E-state index is 0. The number of halogens is 8. The van der Waals surface area contributed by atoms with Crippen molar-refractivity contribution in [3.8, 4) is 22.3 Å². The summed E-state index contributed by atoms with van der Waals surface area (Å²) in [7, 11) is 0. The molecule has 0 bridgehead atoms. The van der Waals surface area contributed by atoms with Gasteiger partial charge in [0.25, 0.3) is 0 Å². The van der Waals surface area contributed by atoms with Crippen LogP contribution in [0.5, 0.6) is 0 Å². The molecule has 0 amide bonds. The summed E-state index contributed by atoms with van der Waals surface area (Å²) in [5.74, 6) is 0. The summed E-state index contributed by atoms with van der Waals surface area (Å²) in [6.45, 7) is 14.9. The Morgan fingerprint density at radius 1 is 0.467 bits per heavy atom. The molecular formula is C48H60Cl8Si3Zr-4. The van der Waals surface area contributed by atoms with Crippen LogP contribution in [0.15, 0.2) is 121 Å². The Kier molecular flexibility index (Phi) is 34.3. The SMILES string of the molecule is Cc1cc2c(-c3ccccc3)cccc2[cH-]1.Cc1cc2c(-c3ccccc3)cccc2[cH-]1.Cl.Cl.[CH2-]CCCCCCC[Si](Cl)(Cl)Cl.[CH2-]CCCCCCC[Si](Cl)(Cl)Cl.[Si]=[Zr]. The van der Waals surface area contributed by atoms with Crippen molar-refractivity contribution < 1.29 is 23.3 Å². The molecule has 328 valence electrons. The molecular weight excluding hydrogens is 1040 g/mol. The first-order valence-electron chi connectivity index (χ1n) is 20.2. The van der Waals surface area contributed by atoms with Crippen molar-refractivity contribution in [1.82, 2.24) is 0 Å². The fourth-order valence-electron chi connectivity index (χ4n) is 6.57. The van der Waals surface area contributed by atoms with Crippen LogP contribution in [0.2, 0.25) is 12.1 Å². The van der Waals surface area contributed by atoms with Gasteiger partial charge in [-0.15, -0.1) is 160 Å². The van der Waals surface area contributed by atoms with Crippen LogP contribution in [0.3, 0.4) is 0 Å². The van der Waals surface area contributed by atoms with Gasteiger partial charge in [0.05, 0.1) is 0 Å². The van der Waals surface area contributed by atoms with E-state index >= 15 is 0 Å². The van der Waals surface area contributed by atoms with Gasteiger partial charge in [0.15, 0.2) is 0 Å². The summed E-state index contributed by atoms with van der Waals surface area (Å²) in [5, 5.41) is 5.37. The molecule has 0 spiro atoms. The average molecular weight is 1100 g/mol. The van der Waals surface area contributed by atoms with E-state index in [1.807, 2.05) is 0 Å². The molecule has 0 saturated carbocycles. The van der Waals surface area contributed by atoms with Crippen molar-refractivity contribution in [3.05, 3.63) is 146 Å². The second-order valence-corrected chi connectivity index (χ2v) is 32.9. The molecule has 6 aromatic carbocycles. The van der Waals surface area contributed by atoms with E-state index in [0.29, 0.717) is 0 Å². The van der Waals surface area contributed by atoms with Gasteiger partial charge in [0.1, 0.15) is 0 Å². The number of hydrogen-bond donors (Lipinski definition) is 0. The van der Waals surface area contributed by atoms with Crippen LogP contribution < -0.4 is 0 Å². The van der Waals surface area contributed by atoms with E-state index in [9.17, 15) is 0 Å². The van der Waals surface area contributed by atoms with E-state index in [0.717, 1.165) is 37.8 Å². The molecule has 0 heterocycles. The van der Waals surface area contributed by atoms with E-state index in [-0.39, 0.29) is 24.8 Å². The van der Waals surface area contributed by atoms with E-state index in [1.54, 1.807) is 0 Å². The number of hydrogen-bond acceptors (Lipinski definition) is 0. The zero-order chi connectivity index (χ0) is 42.8. The second kappa shape index (κ2) is 34.3. The van der Waals surface area contributed by atoms with Gasteiger partial charge < -0.3 is 13.8 Å². The third-order valence-corrected chi connectivity index (χ3v) is 14.6. The first kappa shape index (κ1) is 60.0. The molecule has 0 fully saturated rings. The number of fused-ring (bicyclic) bond motifs is 2. The fraction of sp³-hybridized carbons (Fsp3) is 0.333. The van der Waals surface area contributed by atoms with Crippen LogP contribution >= 0.6 is 91.3 Å². The van der Waals surface area contributed by atoms with Gasteiger partial charge in [-0.2, -0.15) is 25.0 Å². The first-order valence-corrected chi connectivity index (χ1v) is 34.9. The minimum atomic E-state index is -2.32. The van der Waals surface area contributed by atoms with E-state index in [2.05, 4.69) is 156 Å². The number of aryl methyl sites for hydroxylation is 2. The van der Waals surface area contributed by atoms with Crippen molar-refractivity contribution in [3.63, 3.8) is 0 Å². The Morgan fingerprint density at radius 2 is 0.783 bits per heavy atom. The molecule has 0 aliphatic carbocycles.